The zero-order valence-electron chi connectivity index (χ0n) is 15.3. The maximum atomic E-state index is 12.6. The van der Waals surface area contributed by atoms with Crippen molar-refractivity contribution in [3.05, 3.63) is 66.1 Å². The first-order valence-corrected chi connectivity index (χ1v) is 10.3. The lowest BCUT2D eigenvalue weighted by atomic mass is 9.96. The van der Waals surface area contributed by atoms with E-state index in [-0.39, 0.29) is 11.8 Å². The Kier molecular flexibility index (Phi) is 5.34. The molecule has 144 valence electrons. The maximum Gasteiger partial charge on any atom is 0.306 e. The molecule has 3 aromatic rings. The minimum atomic E-state index is -0.765. The highest BCUT2D eigenvalue weighted by molar-refractivity contribution is 7.98. The van der Waals surface area contributed by atoms with Gasteiger partial charge in [-0.3, -0.25) is 9.59 Å². The fraction of sp³-hybridized carbons (Fsp3) is 0.286. The molecule has 0 unspecified atom stereocenters. The molecule has 0 bridgehead atoms. The monoisotopic (exact) mass is 395 g/mol. The number of imidazole rings is 1. The SMILES string of the molecule is O=C(O)C1CCN(C(=O)c2ccc(SCc3cn4ccccc4n3)cc2)CC1. The van der Waals surface area contributed by atoms with Crippen molar-refractivity contribution < 1.29 is 14.7 Å². The molecule has 1 aliphatic heterocycles. The van der Waals surface area contributed by atoms with Gasteiger partial charge in [-0.05, 0) is 49.2 Å². The van der Waals surface area contributed by atoms with Gasteiger partial charge in [0.1, 0.15) is 5.65 Å². The Morgan fingerprint density at radius 1 is 1.11 bits per heavy atom. The summed E-state index contributed by atoms with van der Waals surface area (Å²) in [5, 5.41) is 9.07. The number of carbonyl (C=O) groups excluding carboxylic acids is 1. The Bertz CT molecular complexity index is 959. The summed E-state index contributed by atoms with van der Waals surface area (Å²) in [4.78, 5) is 31.1. The van der Waals surface area contributed by atoms with Gasteiger partial charge in [0.05, 0.1) is 11.6 Å². The van der Waals surface area contributed by atoms with Crippen LogP contribution in [0.3, 0.4) is 0 Å². The number of hydrogen-bond acceptors (Lipinski definition) is 4. The van der Waals surface area contributed by atoms with E-state index in [1.165, 1.54) is 0 Å². The van der Waals surface area contributed by atoms with Gasteiger partial charge in [-0.25, -0.2) is 4.98 Å². The van der Waals surface area contributed by atoms with Gasteiger partial charge < -0.3 is 14.4 Å². The van der Waals surface area contributed by atoms with Crippen molar-refractivity contribution in [3.8, 4) is 0 Å². The standard InChI is InChI=1S/C21H21N3O3S/c25-20(23-11-8-16(9-12-23)21(26)27)15-4-6-18(7-5-15)28-14-17-13-24-10-2-1-3-19(24)22-17/h1-7,10,13,16H,8-9,11-12,14H2,(H,26,27). The van der Waals surface area contributed by atoms with Gasteiger partial charge in [0, 0.05) is 41.7 Å². The van der Waals surface area contributed by atoms with Crippen LogP contribution in [0.1, 0.15) is 28.9 Å². The summed E-state index contributed by atoms with van der Waals surface area (Å²) in [6, 6.07) is 13.5. The number of carbonyl (C=O) groups is 2. The third kappa shape index (κ3) is 4.04. The molecule has 0 aliphatic carbocycles. The van der Waals surface area contributed by atoms with Gasteiger partial charge in [-0.1, -0.05) is 6.07 Å². The van der Waals surface area contributed by atoms with Gasteiger partial charge >= 0.3 is 5.97 Å². The van der Waals surface area contributed by atoms with E-state index >= 15 is 0 Å². The number of amides is 1. The molecule has 0 saturated carbocycles. The number of nitrogens with zero attached hydrogens (tertiary/aromatic N) is 3. The molecule has 1 saturated heterocycles. The van der Waals surface area contributed by atoms with Gasteiger partial charge in [-0.2, -0.15) is 0 Å². The first-order chi connectivity index (χ1) is 13.6. The lowest BCUT2D eigenvalue weighted by Gasteiger charge is -2.30. The van der Waals surface area contributed by atoms with Crippen LogP contribution in [0.2, 0.25) is 0 Å². The van der Waals surface area contributed by atoms with E-state index in [0.717, 1.165) is 22.0 Å². The van der Waals surface area contributed by atoms with Crippen LogP contribution in [0.15, 0.2) is 59.8 Å². The zero-order chi connectivity index (χ0) is 19.5. The summed E-state index contributed by atoms with van der Waals surface area (Å²) in [5.74, 6) is -0.361. The predicted molar refractivity (Wildman–Crippen MR) is 107 cm³/mol. The van der Waals surface area contributed by atoms with Crippen LogP contribution in [-0.2, 0) is 10.5 Å². The minimum Gasteiger partial charge on any atom is -0.481 e. The van der Waals surface area contributed by atoms with Crippen molar-refractivity contribution in [2.24, 2.45) is 5.92 Å². The average Bonchev–Trinajstić information content (AvgIpc) is 3.15. The molecule has 1 aliphatic rings. The van der Waals surface area contributed by atoms with Crippen LogP contribution in [-0.4, -0.2) is 44.4 Å². The Morgan fingerprint density at radius 3 is 2.54 bits per heavy atom. The van der Waals surface area contributed by atoms with Gasteiger partial charge in [0.25, 0.3) is 5.91 Å². The molecule has 4 rings (SSSR count). The lowest BCUT2D eigenvalue weighted by molar-refractivity contribution is -0.143. The highest BCUT2D eigenvalue weighted by Gasteiger charge is 2.27. The second-order valence-corrected chi connectivity index (χ2v) is 7.96. The van der Waals surface area contributed by atoms with Crippen molar-refractivity contribution in [2.75, 3.05) is 13.1 Å². The molecule has 1 aromatic carbocycles. The number of carboxylic acid groups (broad SMARTS) is 1. The van der Waals surface area contributed by atoms with E-state index in [9.17, 15) is 9.59 Å². The average molecular weight is 395 g/mol. The molecule has 3 heterocycles. The van der Waals surface area contributed by atoms with Crippen LogP contribution < -0.4 is 0 Å². The van der Waals surface area contributed by atoms with E-state index in [2.05, 4.69) is 4.98 Å². The summed E-state index contributed by atoms with van der Waals surface area (Å²) in [5.41, 5.74) is 2.59. The first-order valence-electron chi connectivity index (χ1n) is 9.28. The highest BCUT2D eigenvalue weighted by Crippen LogP contribution is 2.24. The smallest absolute Gasteiger partial charge is 0.306 e. The van der Waals surface area contributed by atoms with Crippen molar-refractivity contribution in [1.82, 2.24) is 14.3 Å². The normalized spacial score (nSPS) is 15.1. The highest BCUT2D eigenvalue weighted by atomic mass is 32.2. The molecular formula is C21H21N3O3S. The number of rotatable bonds is 5. The minimum absolute atomic E-state index is 0.0271. The van der Waals surface area contributed by atoms with Crippen LogP contribution in [0.4, 0.5) is 0 Å². The van der Waals surface area contributed by atoms with Crippen molar-refractivity contribution >= 4 is 29.3 Å². The number of piperidine rings is 1. The van der Waals surface area contributed by atoms with Crippen LogP contribution in [0.5, 0.6) is 0 Å². The lowest BCUT2D eigenvalue weighted by Crippen LogP contribution is -2.40. The maximum absolute atomic E-state index is 12.6. The fourth-order valence-electron chi connectivity index (χ4n) is 3.42. The fourth-order valence-corrected chi connectivity index (χ4v) is 4.20. The summed E-state index contributed by atoms with van der Waals surface area (Å²) in [6.45, 7) is 1.00. The number of pyridine rings is 1. The number of aromatic nitrogens is 2. The Morgan fingerprint density at radius 2 is 1.86 bits per heavy atom. The Balaban J connectivity index is 1.34. The second kappa shape index (κ2) is 8.06. The first kappa shape index (κ1) is 18.6. The summed E-state index contributed by atoms with van der Waals surface area (Å²) >= 11 is 1.68. The number of thioether (sulfide) groups is 1. The van der Waals surface area contributed by atoms with Crippen LogP contribution >= 0.6 is 11.8 Å². The molecule has 2 aromatic heterocycles. The van der Waals surface area contributed by atoms with Crippen LogP contribution in [0.25, 0.3) is 5.65 Å². The van der Waals surface area contributed by atoms with Crippen LogP contribution in [0, 0.1) is 5.92 Å². The molecule has 0 atom stereocenters. The van der Waals surface area contributed by atoms with E-state index < -0.39 is 5.97 Å². The number of carboxylic acids is 1. The van der Waals surface area contributed by atoms with E-state index in [1.54, 1.807) is 16.7 Å². The number of benzene rings is 1. The van der Waals surface area contributed by atoms with Crippen molar-refractivity contribution in [2.45, 2.75) is 23.5 Å². The topological polar surface area (TPSA) is 74.9 Å². The van der Waals surface area contributed by atoms with Crippen molar-refractivity contribution in [3.63, 3.8) is 0 Å². The van der Waals surface area contributed by atoms with E-state index in [1.807, 2.05) is 59.3 Å². The number of hydrogen-bond donors (Lipinski definition) is 1. The summed E-state index contributed by atoms with van der Waals surface area (Å²) in [7, 11) is 0. The second-order valence-electron chi connectivity index (χ2n) is 6.92. The third-order valence-corrected chi connectivity index (χ3v) is 6.08. The molecule has 1 N–H and O–H groups in total. The van der Waals surface area contributed by atoms with Gasteiger partial charge in [-0.15, -0.1) is 11.8 Å². The summed E-state index contributed by atoms with van der Waals surface area (Å²) in [6.07, 6.45) is 5.05. The quantitative estimate of drug-likeness (QED) is 0.669. The number of aliphatic carboxylic acids is 1. The molecule has 1 fully saturated rings. The zero-order valence-corrected chi connectivity index (χ0v) is 16.1. The largest absolute Gasteiger partial charge is 0.481 e. The number of fused-ring (bicyclic) bond motifs is 1. The summed E-state index contributed by atoms with van der Waals surface area (Å²) < 4.78 is 2.01. The molecule has 6 nitrogen and oxygen atoms in total. The molecule has 0 spiro atoms. The third-order valence-electron chi connectivity index (χ3n) is 5.03. The number of likely N-dealkylation sites (tertiary alicyclic amines) is 1. The molecule has 1 amide bonds. The molecule has 0 radical (unpaired) electrons. The van der Waals surface area contributed by atoms with E-state index in [0.29, 0.717) is 31.5 Å². The predicted octanol–water partition coefficient (Wildman–Crippen LogP) is 3.56. The van der Waals surface area contributed by atoms with Crippen molar-refractivity contribution in [1.29, 1.82) is 0 Å². The molecule has 7 heteroatoms. The molecular weight excluding hydrogens is 374 g/mol. The van der Waals surface area contributed by atoms with Gasteiger partial charge in [0.2, 0.25) is 0 Å². The molecule has 28 heavy (non-hydrogen) atoms. The Hall–Kier alpha value is -2.80. The van der Waals surface area contributed by atoms with E-state index in [4.69, 9.17) is 5.11 Å². The Labute approximate surface area is 167 Å². The van der Waals surface area contributed by atoms with Gasteiger partial charge in [0.15, 0.2) is 0 Å².